The van der Waals surface area contributed by atoms with E-state index in [1.54, 1.807) is 4.80 Å². The van der Waals surface area contributed by atoms with Crippen LogP contribution in [0, 0.1) is 0 Å². The van der Waals surface area contributed by atoms with E-state index in [-0.39, 0.29) is 6.04 Å². The second-order valence-electron chi connectivity index (χ2n) is 3.10. The summed E-state index contributed by atoms with van der Waals surface area (Å²) in [7, 11) is 0. The number of nitrogens with two attached hydrogens (primary N) is 1. The Morgan fingerprint density at radius 2 is 2.00 bits per heavy atom. The van der Waals surface area contributed by atoms with E-state index in [0.29, 0.717) is 0 Å². The van der Waals surface area contributed by atoms with Gasteiger partial charge in [0, 0.05) is 5.69 Å². The lowest BCUT2D eigenvalue weighted by Crippen LogP contribution is -2.10. The van der Waals surface area contributed by atoms with Gasteiger partial charge in [0.05, 0.1) is 6.04 Å². The van der Waals surface area contributed by atoms with Crippen LogP contribution in [0.3, 0.4) is 0 Å². The molecule has 72 valence electrons. The summed E-state index contributed by atoms with van der Waals surface area (Å²) >= 11 is 0. The molecule has 0 saturated heterocycles. The first-order chi connectivity index (χ1) is 6.77. The molecule has 5 nitrogen and oxygen atoms in total. The Morgan fingerprint density at radius 1 is 1.29 bits per heavy atom. The Kier molecular flexibility index (Phi) is 2.14. The molecule has 0 bridgehead atoms. The van der Waals surface area contributed by atoms with Gasteiger partial charge in [-0.25, -0.2) is 0 Å². The molecule has 2 rings (SSSR count). The molecule has 0 saturated carbocycles. The van der Waals surface area contributed by atoms with Gasteiger partial charge in [0.1, 0.15) is 0 Å². The molecule has 0 spiro atoms. The first kappa shape index (κ1) is 8.68. The number of rotatable bonds is 2. The maximum atomic E-state index is 5.60. The third-order valence-electron chi connectivity index (χ3n) is 2.13. The van der Waals surface area contributed by atoms with Gasteiger partial charge >= 0.3 is 0 Å². The van der Waals surface area contributed by atoms with Crippen molar-refractivity contribution in [3.8, 4) is 0 Å². The maximum Gasteiger partial charge on any atom is 0.162 e. The zero-order valence-electron chi connectivity index (χ0n) is 7.83. The normalized spacial score (nSPS) is 12.6. The van der Waals surface area contributed by atoms with Gasteiger partial charge < -0.3 is 5.73 Å². The lowest BCUT2D eigenvalue weighted by Gasteiger charge is -2.09. The predicted molar refractivity (Wildman–Crippen MR) is 52.5 cm³/mol. The van der Waals surface area contributed by atoms with Crippen LogP contribution in [0.2, 0.25) is 0 Å². The summed E-state index contributed by atoms with van der Waals surface area (Å²) in [4.78, 5) is 1.56. The van der Waals surface area contributed by atoms with Gasteiger partial charge in [-0.05, 0) is 29.8 Å². The van der Waals surface area contributed by atoms with E-state index in [1.165, 1.54) is 6.33 Å². The average molecular weight is 189 g/mol. The Labute approximate surface area is 81.5 Å². The van der Waals surface area contributed by atoms with E-state index >= 15 is 0 Å². The molecular weight excluding hydrogens is 178 g/mol. The first-order valence-electron chi connectivity index (χ1n) is 4.35. The molecule has 2 N–H and O–H groups in total. The summed E-state index contributed by atoms with van der Waals surface area (Å²) in [5.74, 6) is 0. The highest BCUT2D eigenvalue weighted by Crippen LogP contribution is 2.16. The number of anilines is 1. The summed E-state index contributed by atoms with van der Waals surface area (Å²) < 4.78 is 0. The minimum atomic E-state index is 0.0816. The van der Waals surface area contributed by atoms with Crippen molar-refractivity contribution in [2.24, 2.45) is 0 Å². The topological polar surface area (TPSA) is 69.6 Å². The van der Waals surface area contributed by atoms with Gasteiger partial charge in [-0.15, -0.1) is 10.2 Å². The van der Waals surface area contributed by atoms with Crippen molar-refractivity contribution < 1.29 is 0 Å². The summed E-state index contributed by atoms with van der Waals surface area (Å²) in [6.07, 6.45) is 1.42. The number of nitrogen functional groups attached to an aromatic ring is 1. The Hall–Kier alpha value is -1.91. The van der Waals surface area contributed by atoms with E-state index in [2.05, 4.69) is 15.4 Å². The molecule has 0 aliphatic carbocycles. The third kappa shape index (κ3) is 1.56. The Balaban J connectivity index is 2.28. The van der Waals surface area contributed by atoms with Crippen molar-refractivity contribution in [2.45, 2.75) is 13.0 Å². The number of nitrogens with zero attached hydrogens (tertiary/aromatic N) is 4. The van der Waals surface area contributed by atoms with Crippen molar-refractivity contribution in [3.63, 3.8) is 0 Å². The molecule has 5 heteroatoms. The van der Waals surface area contributed by atoms with Crippen molar-refractivity contribution in [1.82, 2.24) is 20.2 Å². The fourth-order valence-electron chi connectivity index (χ4n) is 1.26. The summed E-state index contributed by atoms with van der Waals surface area (Å²) in [5, 5.41) is 11.5. The minimum absolute atomic E-state index is 0.0816. The van der Waals surface area contributed by atoms with Gasteiger partial charge in [0.25, 0.3) is 0 Å². The lowest BCUT2D eigenvalue weighted by molar-refractivity contribution is 0.480. The van der Waals surface area contributed by atoms with Crippen molar-refractivity contribution in [3.05, 3.63) is 36.2 Å². The maximum absolute atomic E-state index is 5.60. The number of hydrogen-bond donors (Lipinski definition) is 1. The molecule has 1 aromatic carbocycles. The standard InChI is InChI=1S/C9H11N5/c1-7(14-12-6-11-13-14)8-2-4-9(10)5-3-8/h2-7H,10H2,1H3. The van der Waals surface area contributed by atoms with Crippen LogP contribution >= 0.6 is 0 Å². The van der Waals surface area contributed by atoms with Gasteiger partial charge in [0.2, 0.25) is 0 Å². The summed E-state index contributed by atoms with van der Waals surface area (Å²) in [5.41, 5.74) is 7.46. The van der Waals surface area contributed by atoms with Crippen LogP contribution < -0.4 is 5.73 Å². The highest BCUT2D eigenvalue weighted by molar-refractivity contribution is 5.39. The van der Waals surface area contributed by atoms with Gasteiger partial charge in [-0.2, -0.15) is 4.80 Å². The molecule has 0 radical (unpaired) electrons. The van der Waals surface area contributed by atoms with Gasteiger partial charge in [0.15, 0.2) is 6.33 Å². The van der Waals surface area contributed by atoms with E-state index in [9.17, 15) is 0 Å². The highest BCUT2D eigenvalue weighted by Gasteiger charge is 2.08. The number of tetrazole rings is 1. The van der Waals surface area contributed by atoms with Crippen LogP contribution in [-0.2, 0) is 0 Å². The Morgan fingerprint density at radius 3 is 2.57 bits per heavy atom. The molecule has 0 amide bonds. The molecule has 2 aromatic rings. The zero-order valence-corrected chi connectivity index (χ0v) is 7.83. The second kappa shape index (κ2) is 3.45. The van der Waals surface area contributed by atoms with Crippen LogP contribution in [0.5, 0.6) is 0 Å². The predicted octanol–water partition coefficient (Wildman–Crippen LogP) is 0.865. The third-order valence-corrected chi connectivity index (χ3v) is 2.13. The monoisotopic (exact) mass is 189 g/mol. The first-order valence-corrected chi connectivity index (χ1v) is 4.35. The van der Waals surface area contributed by atoms with Crippen molar-refractivity contribution in [1.29, 1.82) is 0 Å². The molecule has 0 aliphatic rings. The summed E-state index contributed by atoms with van der Waals surface area (Å²) in [6.45, 7) is 2.01. The Bertz CT molecular complexity index is 392. The van der Waals surface area contributed by atoms with Crippen molar-refractivity contribution in [2.75, 3.05) is 5.73 Å². The van der Waals surface area contributed by atoms with Crippen LogP contribution in [-0.4, -0.2) is 20.2 Å². The fraction of sp³-hybridized carbons (Fsp3) is 0.222. The fourth-order valence-corrected chi connectivity index (χ4v) is 1.26. The molecule has 0 aliphatic heterocycles. The van der Waals surface area contributed by atoms with Crippen LogP contribution in [0.25, 0.3) is 0 Å². The SMILES string of the molecule is CC(c1ccc(N)cc1)n1ncnn1. The van der Waals surface area contributed by atoms with E-state index in [1.807, 2.05) is 31.2 Å². The average Bonchev–Trinajstić information content (AvgIpc) is 2.71. The largest absolute Gasteiger partial charge is 0.399 e. The number of aromatic nitrogens is 4. The van der Waals surface area contributed by atoms with E-state index in [4.69, 9.17) is 5.73 Å². The highest BCUT2D eigenvalue weighted by atomic mass is 15.6. The molecule has 1 unspecified atom stereocenters. The van der Waals surface area contributed by atoms with Crippen LogP contribution in [0.4, 0.5) is 5.69 Å². The van der Waals surface area contributed by atoms with E-state index in [0.717, 1.165) is 11.3 Å². The molecule has 1 heterocycles. The molecule has 14 heavy (non-hydrogen) atoms. The second-order valence-corrected chi connectivity index (χ2v) is 3.10. The lowest BCUT2D eigenvalue weighted by atomic mass is 10.1. The quantitative estimate of drug-likeness (QED) is 0.711. The molecule has 1 aromatic heterocycles. The van der Waals surface area contributed by atoms with Crippen LogP contribution in [0.15, 0.2) is 30.6 Å². The van der Waals surface area contributed by atoms with E-state index < -0.39 is 0 Å². The zero-order chi connectivity index (χ0) is 9.97. The molecule has 0 fully saturated rings. The minimum Gasteiger partial charge on any atom is -0.399 e. The van der Waals surface area contributed by atoms with Gasteiger partial charge in [-0.1, -0.05) is 12.1 Å². The number of benzene rings is 1. The summed E-state index contributed by atoms with van der Waals surface area (Å²) in [6, 6.07) is 7.73. The smallest absolute Gasteiger partial charge is 0.162 e. The molecule has 1 atom stereocenters. The number of hydrogen-bond acceptors (Lipinski definition) is 4. The van der Waals surface area contributed by atoms with Gasteiger partial charge in [-0.3, -0.25) is 0 Å². The van der Waals surface area contributed by atoms with Crippen LogP contribution in [0.1, 0.15) is 18.5 Å². The van der Waals surface area contributed by atoms with Crippen molar-refractivity contribution >= 4 is 5.69 Å². The molecular formula is C9H11N5.